The zero-order valence-corrected chi connectivity index (χ0v) is 28.1. The molecule has 242 valence electrons. The minimum Gasteiger partial charge on any atom is -0.352 e. The normalized spacial score (nSPS) is 12.7. The average molecular weight is 685 g/mol. The van der Waals surface area contributed by atoms with Crippen LogP contribution in [0.5, 0.6) is 0 Å². The van der Waals surface area contributed by atoms with E-state index >= 15 is 0 Å². The molecule has 0 fully saturated rings. The standard InChI is InChI=1S/C35H36Cl2FN3O4S/c1-4-25(3)39-35(43)33(20-26-8-6-5-7-9-26)40(22-27-12-15-29(38)16-13-27)34(42)23-41(32-21-28(36)14-19-31(32)37)46(44,45)30-17-10-24(2)11-18-30/h5-19,21,25,33H,4,20,22-23H2,1-3H3,(H,39,43)/t25-,33-/m1/s1. The lowest BCUT2D eigenvalue weighted by molar-refractivity contribution is -0.140. The number of anilines is 1. The highest BCUT2D eigenvalue weighted by atomic mass is 35.5. The first-order chi connectivity index (χ1) is 21.9. The van der Waals surface area contributed by atoms with Crippen molar-refractivity contribution in [2.24, 2.45) is 0 Å². The fourth-order valence-corrected chi connectivity index (χ4v) is 6.67. The van der Waals surface area contributed by atoms with Gasteiger partial charge in [-0.15, -0.1) is 0 Å². The fraction of sp³-hybridized carbons (Fsp3) is 0.257. The third kappa shape index (κ3) is 8.87. The van der Waals surface area contributed by atoms with Crippen molar-refractivity contribution in [1.82, 2.24) is 10.2 Å². The van der Waals surface area contributed by atoms with E-state index in [9.17, 15) is 22.4 Å². The highest BCUT2D eigenvalue weighted by Gasteiger charge is 2.35. The maximum atomic E-state index is 14.5. The van der Waals surface area contributed by atoms with Gasteiger partial charge in [-0.1, -0.05) is 90.3 Å². The number of aryl methyl sites for hydroxylation is 1. The van der Waals surface area contributed by atoms with E-state index in [1.54, 1.807) is 12.1 Å². The van der Waals surface area contributed by atoms with Gasteiger partial charge in [0, 0.05) is 24.0 Å². The molecule has 4 aromatic carbocycles. The van der Waals surface area contributed by atoms with Gasteiger partial charge in [0.2, 0.25) is 11.8 Å². The van der Waals surface area contributed by atoms with E-state index < -0.39 is 40.2 Å². The molecule has 4 rings (SSSR count). The number of carbonyl (C=O) groups excluding carboxylic acids is 2. The highest BCUT2D eigenvalue weighted by molar-refractivity contribution is 7.92. The minimum atomic E-state index is -4.35. The molecule has 0 bridgehead atoms. The van der Waals surface area contributed by atoms with Gasteiger partial charge in [-0.05, 0) is 73.9 Å². The third-order valence-corrected chi connectivity index (χ3v) is 9.93. The first-order valence-corrected chi connectivity index (χ1v) is 17.0. The van der Waals surface area contributed by atoms with Crippen LogP contribution in [0.25, 0.3) is 0 Å². The van der Waals surface area contributed by atoms with Crippen molar-refractivity contribution in [3.8, 4) is 0 Å². The molecule has 0 unspecified atom stereocenters. The highest BCUT2D eigenvalue weighted by Crippen LogP contribution is 2.33. The van der Waals surface area contributed by atoms with Crippen molar-refractivity contribution in [3.63, 3.8) is 0 Å². The van der Waals surface area contributed by atoms with Gasteiger partial charge in [-0.2, -0.15) is 0 Å². The molecule has 0 heterocycles. The van der Waals surface area contributed by atoms with Crippen LogP contribution in [0, 0.1) is 12.7 Å². The monoisotopic (exact) mass is 683 g/mol. The first-order valence-electron chi connectivity index (χ1n) is 14.8. The van der Waals surface area contributed by atoms with Gasteiger partial charge in [-0.3, -0.25) is 13.9 Å². The van der Waals surface area contributed by atoms with Gasteiger partial charge < -0.3 is 10.2 Å². The number of hydrogen-bond acceptors (Lipinski definition) is 4. The molecule has 0 saturated carbocycles. The van der Waals surface area contributed by atoms with Gasteiger partial charge in [0.15, 0.2) is 0 Å². The number of benzene rings is 4. The van der Waals surface area contributed by atoms with E-state index in [2.05, 4.69) is 5.32 Å². The summed E-state index contributed by atoms with van der Waals surface area (Å²) in [5, 5.41) is 3.26. The fourth-order valence-electron chi connectivity index (χ4n) is 4.81. The van der Waals surface area contributed by atoms with Gasteiger partial charge >= 0.3 is 0 Å². The maximum absolute atomic E-state index is 14.5. The molecule has 0 aliphatic rings. The number of amides is 2. The summed E-state index contributed by atoms with van der Waals surface area (Å²) in [5.41, 5.74) is 2.21. The van der Waals surface area contributed by atoms with Crippen molar-refractivity contribution < 1.29 is 22.4 Å². The zero-order chi connectivity index (χ0) is 33.4. The molecule has 0 aliphatic carbocycles. The van der Waals surface area contributed by atoms with Crippen LogP contribution in [-0.2, 0) is 32.6 Å². The number of hydrogen-bond donors (Lipinski definition) is 1. The maximum Gasteiger partial charge on any atom is 0.264 e. The smallest absolute Gasteiger partial charge is 0.264 e. The molecule has 0 aliphatic heterocycles. The topological polar surface area (TPSA) is 86.8 Å². The second-order valence-electron chi connectivity index (χ2n) is 11.1. The lowest BCUT2D eigenvalue weighted by Crippen LogP contribution is -2.54. The summed E-state index contributed by atoms with van der Waals surface area (Å²) in [6.07, 6.45) is 0.810. The molecular formula is C35H36Cl2FN3O4S. The summed E-state index contributed by atoms with van der Waals surface area (Å²) in [6.45, 7) is 4.84. The second-order valence-corrected chi connectivity index (χ2v) is 13.8. The molecular weight excluding hydrogens is 648 g/mol. The van der Waals surface area contributed by atoms with E-state index in [1.165, 1.54) is 59.5 Å². The molecule has 0 spiro atoms. The molecule has 7 nitrogen and oxygen atoms in total. The number of rotatable bonds is 13. The Bertz CT molecular complexity index is 1760. The van der Waals surface area contributed by atoms with E-state index in [4.69, 9.17) is 23.2 Å². The first kappa shape index (κ1) is 34.9. The number of halogens is 3. The van der Waals surface area contributed by atoms with Crippen LogP contribution >= 0.6 is 23.2 Å². The Morgan fingerprint density at radius 3 is 2.17 bits per heavy atom. The summed E-state index contributed by atoms with van der Waals surface area (Å²) in [7, 11) is -4.35. The van der Waals surface area contributed by atoms with E-state index in [0.29, 0.717) is 12.0 Å². The van der Waals surface area contributed by atoms with Crippen molar-refractivity contribution >= 4 is 50.7 Å². The number of carbonyl (C=O) groups is 2. The Balaban J connectivity index is 1.83. The Hall–Kier alpha value is -3.92. The summed E-state index contributed by atoms with van der Waals surface area (Å²) in [4.78, 5) is 29.7. The summed E-state index contributed by atoms with van der Waals surface area (Å²) in [5.74, 6) is -1.53. The van der Waals surface area contributed by atoms with Crippen LogP contribution in [0.1, 0.15) is 37.0 Å². The number of nitrogens with zero attached hydrogens (tertiary/aromatic N) is 2. The number of nitrogens with one attached hydrogen (secondary N) is 1. The predicted octanol–water partition coefficient (Wildman–Crippen LogP) is 7.19. The Kier molecular flexibility index (Phi) is 11.8. The van der Waals surface area contributed by atoms with E-state index in [0.717, 1.165) is 15.4 Å². The SMILES string of the molecule is CC[C@@H](C)NC(=O)[C@@H](Cc1ccccc1)N(Cc1ccc(F)cc1)C(=O)CN(c1cc(Cl)ccc1Cl)S(=O)(=O)c1ccc(C)cc1. The Morgan fingerprint density at radius 2 is 1.54 bits per heavy atom. The van der Waals surface area contributed by atoms with E-state index in [-0.39, 0.29) is 39.6 Å². The lowest BCUT2D eigenvalue weighted by atomic mass is 10.0. The third-order valence-electron chi connectivity index (χ3n) is 7.60. The quantitative estimate of drug-likeness (QED) is 0.162. The molecule has 46 heavy (non-hydrogen) atoms. The summed E-state index contributed by atoms with van der Waals surface area (Å²) >= 11 is 12.8. The van der Waals surface area contributed by atoms with Gasteiger partial charge in [0.25, 0.3) is 10.0 Å². The Labute approximate surface area is 280 Å². The van der Waals surface area contributed by atoms with Crippen molar-refractivity contribution in [1.29, 1.82) is 0 Å². The minimum absolute atomic E-state index is 0.00786. The van der Waals surface area contributed by atoms with Crippen LogP contribution in [0.4, 0.5) is 10.1 Å². The molecule has 4 aromatic rings. The molecule has 0 radical (unpaired) electrons. The van der Waals surface area contributed by atoms with Crippen LogP contribution in [0.2, 0.25) is 10.0 Å². The Morgan fingerprint density at radius 1 is 0.891 bits per heavy atom. The molecule has 2 atom stereocenters. The van der Waals surface area contributed by atoms with Gasteiger partial charge in [-0.25, -0.2) is 12.8 Å². The predicted molar refractivity (Wildman–Crippen MR) is 181 cm³/mol. The largest absolute Gasteiger partial charge is 0.352 e. The van der Waals surface area contributed by atoms with E-state index in [1.807, 2.05) is 51.1 Å². The zero-order valence-electron chi connectivity index (χ0n) is 25.8. The summed E-state index contributed by atoms with van der Waals surface area (Å²) < 4.78 is 43.1. The van der Waals surface area contributed by atoms with Crippen molar-refractivity contribution in [3.05, 3.63) is 130 Å². The molecule has 1 N–H and O–H groups in total. The van der Waals surface area contributed by atoms with Crippen molar-refractivity contribution in [2.45, 2.75) is 57.1 Å². The molecule has 0 saturated heterocycles. The summed E-state index contributed by atoms with van der Waals surface area (Å²) in [6, 6.07) is 24.2. The second kappa shape index (κ2) is 15.6. The van der Waals surface area contributed by atoms with Gasteiger partial charge in [0.1, 0.15) is 18.4 Å². The van der Waals surface area contributed by atoms with Crippen LogP contribution in [0.3, 0.4) is 0 Å². The molecule has 2 amide bonds. The van der Waals surface area contributed by atoms with Crippen LogP contribution < -0.4 is 9.62 Å². The average Bonchev–Trinajstić information content (AvgIpc) is 3.04. The van der Waals surface area contributed by atoms with Gasteiger partial charge in [0.05, 0.1) is 15.6 Å². The van der Waals surface area contributed by atoms with Crippen molar-refractivity contribution in [2.75, 3.05) is 10.8 Å². The van der Waals surface area contributed by atoms with Crippen LogP contribution in [-0.4, -0.2) is 43.8 Å². The van der Waals surface area contributed by atoms with Crippen LogP contribution in [0.15, 0.2) is 102 Å². The molecule has 0 aromatic heterocycles. The lowest BCUT2D eigenvalue weighted by Gasteiger charge is -2.34. The number of sulfonamides is 1. The molecule has 11 heteroatoms.